The van der Waals surface area contributed by atoms with Crippen molar-refractivity contribution in [2.45, 2.75) is 25.9 Å². The van der Waals surface area contributed by atoms with Gasteiger partial charge in [0.05, 0.1) is 11.6 Å². The molecule has 3 rings (SSSR count). The quantitative estimate of drug-likeness (QED) is 0.647. The fraction of sp³-hybridized carbons (Fsp3) is 0.412. The molecule has 0 aliphatic carbocycles. The van der Waals surface area contributed by atoms with Gasteiger partial charge in [0.25, 0.3) is 0 Å². The molecule has 1 aliphatic heterocycles. The van der Waals surface area contributed by atoms with Crippen LogP contribution in [0, 0.1) is 6.92 Å². The van der Waals surface area contributed by atoms with Gasteiger partial charge in [-0.25, -0.2) is 4.98 Å². The first kappa shape index (κ1) is 17.0. The van der Waals surface area contributed by atoms with Crippen LogP contribution in [-0.2, 0) is 6.54 Å². The summed E-state index contributed by atoms with van der Waals surface area (Å²) in [6, 6.07) is 8.40. The van der Waals surface area contributed by atoms with Crippen LogP contribution in [0.5, 0.6) is 0 Å². The number of rotatable bonds is 4. The molecule has 128 valence electrons. The van der Waals surface area contributed by atoms with Crippen molar-refractivity contribution in [2.75, 3.05) is 25.0 Å². The molecular weight excluding hydrogens is 342 g/mol. The van der Waals surface area contributed by atoms with E-state index in [1.165, 1.54) is 10.6 Å². The lowest BCUT2D eigenvalue weighted by molar-refractivity contribution is 0.649. The van der Waals surface area contributed by atoms with Gasteiger partial charge in [-0.3, -0.25) is 4.99 Å². The van der Waals surface area contributed by atoms with E-state index in [1.54, 1.807) is 18.4 Å². The van der Waals surface area contributed by atoms with Crippen LogP contribution in [0.2, 0.25) is 5.02 Å². The standard InChI is InChI=1S/C17H22ClN5S/c1-12-20-9-16(24-12)10-21-17(19-2)22-14-6-7-23(11-14)15-5-3-4-13(18)8-15/h3-5,8-9,14H,6-7,10-11H2,1-2H3,(H2,19,21,22). The van der Waals surface area contributed by atoms with Crippen LogP contribution in [0.15, 0.2) is 35.5 Å². The van der Waals surface area contributed by atoms with Gasteiger partial charge in [-0.1, -0.05) is 17.7 Å². The number of nitrogens with zero attached hydrogens (tertiary/aromatic N) is 3. The minimum absolute atomic E-state index is 0.373. The second-order valence-electron chi connectivity index (χ2n) is 5.83. The molecule has 1 aliphatic rings. The number of aromatic nitrogens is 1. The van der Waals surface area contributed by atoms with E-state index in [1.807, 2.05) is 31.3 Å². The first-order valence-corrected chi connectivity index (χ1v) is 9.22. The molecular formula is C17H22ClN5S. The number of aliphatic imine (C=N–C) groups is 1. The molecule has 0 amide bonds. The number of anilines is 1. The number of guanidine groups is 1. The van der Waals surface area contributed by atoms with Gasteiger partial charge in [0, 0.05) is 48.0 Å². The predicted molar refractivity (Wildman–Crippen MR) is 102 cm³/mol. The van der Waals surface area contributed by atoms with Crippen molar-refractivity contribution in [2.24, 2.45) is 4.99 Å². The van der Waals surface area contributed by atoms with Crippen molar-refractivity contribution in [3.8, 4) is 0 Å². The molecule has 24 heavy (non-hydrogen) atoms. The fourth-order valence-electron chi connectivity index (χ4n) is 2.83. The predicted octanol–water partition coefficient (Wildman–Crippen LogP) is 3.05. The fourth-order valence-corrected chi connectivity index (χ4v) is 3.75. The number of hydrogen-bond donors (Lipinski definition) is 2. The summed E-state index contributed by atoms with van der Waals surface area (Å²) in [5.41, 5.74) is 1.18. The second kappa shape index (κ2) is 7.85. The molecule has 1 atom stereocenters. The molecule has 2 aromatic rings. The molecule has 7 heteroatoms. The summed E-state index contributed by atoms with van der Waals surface area (Å²) in [5.74, 6) is 0.832. The van der Waals surface area contributed by atoms with Gasteiger partial charge in [0.15, 0.2) is 5.96 Å². The third-order valence-corrected chi connectivity index (χ3v) is 5.17. The minimum atomic E-state index is 0.373. The molecule has 1 aromatic carbocycles. The number of nitrogens with one attached hydrogen (secondary N) is 2. The van der Waals surface area contributed by atoms with Crippen LogP contribution in [0.25, 0.3) is 0 Å². The van der Waals surface area contributed by atoms with Gasteiger partial charge in [-0.05, 0) is 31.5 Å². The summed E-state index contributed by atoms with van der Waals surface area (Å²) in [7, 11) is 1.80. The maximum absolute atomic E-state index is 6.09. The minimum Gasteiger partial charge on any atom is -0.369 e. The summed E-state index contributed by atoms with van der Waals surface area (Å²) in [6.45, 7) is 4.73. The summed E-state index contributed by atoms with van der Waals surface area (Å²) in [4.78, 5) is 12.2. The monoisotopic (exact) mass is 363 g/mol. The lowest BCUT2D eigenvalue weighted by Crippen LogP contribution is -2.44. The molecule has 0 bridgehead atoms. The number of benzene rings is 1. The lowest BCUT2D eigenvalue weighted by atomic mass is 10.3. The number of hydrogen-bond acceptors (Lipinski definition) is 4. The lowest BCUT2D eigenvalue weighted by Gasteiger charge is -2.20. The maximum Gasteiger partial charge on any atom is 0.191 e. The average molecular weight is 364 g/mol. The average Bonchev–Trinajstić information content (AvgIpc) is 3.20. The Morgan fingerprint density at radius 2 is 2.38 bits per heavy atom. The van der Waals surface area contributed by atoms with Gasteiger partial charge in [-0.15, -0.1) is 11.3 Å². The molecule has 1 aromatic heterocycles. The largest absolute Gasteiger partial charge is 0.369 e. The Kier molecular flexibility index (Phi) is 5.58. The van der Waals surface area contributed by atoms with Crippen molar-refractivity contribution in [3.63, 3.8) is 0 Å². The smallest absolute Gasteiger partial charge is 0.191 e. The highest BCUT2D eigenvalue weighted by atomic mass is 35.5. The Balaban J connectivity index is 1.52. The number of aryl methyl sites for hydroxylation is 1. The number of thiazole rings is 1. The van der Waals surface area contributed by atoms with E-state index < -0.39 is 0 Å². The van der Waals surface area contributed by atoms with Crippen LogP contribution in [-0.4, -0.2) is 37.1 Å². The van der Waals surface area contributed by atoms with Crippen LogP contribution < -0.4 is 15.5 Å². The maximum atomic E-state index is 6.09. The highest BCUT2D eigenvalue weighted by molar-refractivity contribution is 7.11. The van der Waals surface area contributed by atoms with Gasteiger partial charge in [0.2, 0.25) is 0 Å². The normalized spacial score (nSPS) is 18.0. The van der Waals surface area contributed by atoms with E-state index in [0.29, 0.717) is 6.04 Å². The van der Waals surface area contributed by atoms with E-state index in [0.717, 1.165) is 42.0 Å². The van der Waals surface area contributed by atoms with E-state index in [2.05, 4.69) is 31.6 Å². The molecule has 1 saturated heterocycles. The van der Waals surface area contributed by atoms with Crippen molar-refractivity contribution in [1.29, 1.82) is 0 Å². The van der Waals surface area contributed by atoms with E-state index in [4.69, 9.17) is 11.6 Å². The molecule has 1 unspecified atom stereocenters. The van der Waals surface area contributed by atoms with Crippen LogP contribution >= 0.6 is 22.9 Å². The SMILES string of the molecule is CN=C(NCc1cnc(C)s1)NC1CCN(c2cccc(Cl)c2)C1. The molecule has 2 N–H and O–H groups in total. The summed E-state index contributed by atoms with van der Waals surface area (Å²) in [6.07, 6.45) is 2.99. The second-order valence-corrected chi connectivity index (χ2v) is 7.58. The zero-order chi connectivity index (χ0) is 16.9. The van der Waals surface area contributed by atoms with Crippen LogP contribution in [0.1, 0.15) is 16.3 Å². The molecule has 5 nitrogen and oxygen atoms in total. The topological polar surface area (TPSA) is 52.6 Å². The molecule has 0 spiro atoms. The molecule has 0 saturated carbocycles. The number of halogens is 1. The Morgan fingerprint density at radius 1 is 1.50 bits per heavy atom. The zero-order valence-corrected chi connectivity index (χ0v) is 15.5. The summed E-state index contributed by atoms with van der Waals surface area (Å²) in [5, 5.41) is 8.73. The Bertz CT molecular complexity index is 715. The molecule has 2 heterocycles. The van der Waals surface area contributed by atoms with Crippen molar-refractivity contribution >= 4 is 34.6 Å². The van der Waals surface area contributed by atoms with Crippen molar-refractivity contribution < 1.29 is 0 Å². The molecule has 1 fully saturated rings. The Morgan fingerprint density at radius 3 is 3.08 bits per heavy atom. The Hall–Kier alpha value is -1.79. The van der Waals surface area contributed by atoms with E-state index >= 15 is 0 Å². The summed E-state index contributed by atoms with van der Waals surface area (Å²) >= 11 is 7.80. The first-order valence-electron chi connectivity index (χ1n) is 8.03. The van der Waals surface area contributed by atoms with Crippen LogP contribution in [0.3, 0.4) is 0 Å². The van der Waals surface area contributed by atoms with Gasteiger partial charge in [-0.2, -0.15) is 0 Å². The summed E-state index contributed by atoms with van der Waals surface area (Å²) < 4.78 is 0. The molecule has 0 radical (unpaired) electrons. The van der Waals surface area contributed by atoms with Gasteiger partial charge < -0.3 is 15.5 Å². The third kappa shape index (κ3) is 4.39. The third-order valence-electron chi connectivity index (χ3n) is 4.03. The highest BCUT2D eigenvalue weighted by Crippen LogP contribution is 2.23. The van der Waals surface area contributed by atoms with E-state index in [9.17, 15) is 0 Å². The first-order chi connectivity index (χ1) is 11.6. The highest BCUT2D eigenvalue weighted by Gasteiger charge is 2.23. The van der Waals surface area contributed by atoms with Crippen LogP contribution in [0.4, 0.5) is 5.69 Å². The Labute approximate surface area is 151 Å². The zero-order valence-electron chi connectivity index (χ0n) is 13.9. The van der Waals surface area contributed by atoms with E-state index in [-0.39, 0.29) is 0 Å². The van der Waals surface area contributed by atoms with Gasteiger partial charge >= 0.3 is 0 Å². The van der Waals surface area contributed by atoms with Crippen molar-refractivity contribution in [1.82, 2.24) is 15.6 Å². The van der Waals surface area contributed by atoms with Gasteiger partial charge in [0.1, 0.15) is 0 Å². The van der Waals surface area contributed by atoms with Crippen molar-refractivity contribution in [3.05, 3.63) is 45.4 Å².